The first-order chi connectivity index (χ1) is 6.23. The van der Waals surface area contributed by atoms with Crippen molar-refractivity contribution >= 4 is 11.3 Å². The van der Waals surface area contributed by atoms with Gasteiger partial charge in [0.2, 0.25) is 0 Å². The van der Waals surface area contributed by atoms with Gasteiger partial charge in [-0.1, -0.05) is 12.7 Å². The van der Waals surface area contributed by atoms with Gasteiger partial charge in [-0.2, -0.15) is 5.75 Å². The van der Waals surface area contributed by atoms with Crippen LogP contribution >= 0.6 is 11.3 Å². The maximum Gasteiger partial charge on any atom is 1.00 e. The Morgan fingerprint density at radius 1 is 1.27 bits per heavy atom. The molecule has 2 heterocycles. The van der Waals surface area contributed by atoms with Crippen LogP contribution in [0.1, 0.15) is 6.92 Å². The van der Waals surface area contributed by atoms with Crippen molar-refractivity contribution in [3.05, 3.63) is 10.8 Å². The van der Waals surface area contributed by atoms with Gasteiger partial charge in [0.05, 0.1) is 25.2 Å². The molecule has 0 amide bonds. The molecule has 3 nitrogen and oxygen atoms in total. The molecule has 0 saturated carbocycles. The van der Waals surface area contributed by atoms with Gasteiger partial charge in [-0.25, -0.2) is 0 Å². The summed E-state index contributed by atoms with van der Waals surface area (Å²) in [6.45, 7) is 2.89. The maximum atomic E-state index is 9.11. The third kappa shape index (κ3) is 3.46. The van der Waals surface area contributed by atoms with Crippen LogP contribution in [0.25, 0.3) is 0 Å². The summed E-state index contributed by atoms with van der Waals surface area (Å²) in [6, 6.07) is 0. The average Bonchev–Trinajstić information content (AvgIpc) is 2.54. The molecule has 2 rings (SSSR count). The van der Waals surface area contributed by atoms with E-state index in [0.717, 1.165) is 0 Å². The third-order valence-electron chi connectivity index (χ3n) is 2.01. The minimum absolute atomic E-state index is 0. The second kappa shape index (κ2) is 6.25. The van der Waals surface area contributed by atoms with E-state index in [1.54, 1.807) is 0 Å². The van der Waals surface area contributed by atoms with E-state index in [2.05, 4.69) is 10.8 Å². The molecule has 1 aliphatic heterocycles. The zero-order chi connectivity index (χ0) is 9.31. The van der Waals surface area contributed by atoms with E-state index in [9.17, 15) is 0 Å². The van der Waals surface area contributed by atoms with Crippen LogP contribution in [0.5, 0.6) is 11.5 Å². The SMILES string of the molecule is CC1(CO)COc2[c-]s[c-]c2OC1.[Li+].[Li+]. The first-order valence-corrected chi connectivity index (χ1v) is 4.84. The van der Waals surface area contributed by atoms with Crippen molar-refractivity contribution in [3.63, 3.8) is 0 Å². The molecule has 0 saturated heterocycles. The molecule has 0 atom stereocenters. The Morgan fingerprint density at radius 3 is 2.13 bits per heavy atom. The van der Waals surface area contributed by atoms with Crippen LogP contribution in [0, 0.1) is 16.2 Å². The summed E-state index contributed by atoms with van der Waals surface area (Å²) in [5.41, 5.74) is -0.321. The summed E-state index contributed by atoms with van der Waals surface area (Å²) >= 11 is 1.31. The minimum Gasteiger partial charge on any atom is -0.627 e. The fourth-order valence-electron chi connectivity index (χ4n) is 1.03. The number of hydrogen-bond acceptors (Lipinski definition) is 4. The number of aliphatic hydroxyl groups excluding tert-OH is 1. The van der Waals surface area contributed by atoms with Crippen LogP contribution in [0.4, 0.5) is 0 Å². The van der Waals surface area contributed by atoms with Crippen LogP contribution in [0.3, 0.4) is 0 Å². The topological polar surface area (TPSA) is 38.7 Å². The molecule has 1 aromatic heterocycles. The molecule has 0 spiro atoms. The summed E-state index contributed by atoms with van der Waals surface area (Å²) < 4.78 is 10.9. The number of hydrogen-bond donors (Lipinski definition) is 1. The van der Waals surface area contributed by atoms with Gasteiger partial charge < -0.3 is 31.3 Å². The van der Waals surface area contributed by atoms with Crippen molar-refractivity contribution in [2.45, 2.75) is 6.92 Å². The van der Waals surface area contributed by atoms with Crippen LogP contribution in [-0.4, -0.2) is 24.9 Å². The Morgan fingerprint density at radius 2 is 1.73 bits per heavy atom. The standard InChI is InChI=1S/C9H10O3S.2Li/c1-9(4-10)5-11-7-2-13-3-8(7)12-6-9;;/h10H,4-6H2,1H3;;/q-2;2*+1. The van der Waals surface area contributed by atoms with E-state index in [1.807, 2.05) is 6.92 Å². The molecule has 72 valence electrons. The molecule has 0 unspecified atom stereocenters. The maximum absolute atomic E-state index is 9.11. The van der Waals surface area contributed by atoms with Crippen LogP contribution in [0.2, 0.25) is 0 Å². The second-order valence-corrected chi connectivity index (χ2v) is 4.12. The number of fused-ring (bicyclic) bond motifs is 1. The van der Waals surface area contributed by atoms with Crippen molar-refractivity contribution in [2.24, 2.45) is 5.41 Å². The van der Waals surface area contributed by atoms with Gasteiger partial charge in [0.1, 0.15) is 0 Å². The van der Waals surface area contributed by atoms with E-state index in [1.165, 1.54) is 11.3 Å². The summed E-state index contributed by atoms with van der Waals surface area (Å²) in [6.07, 6.45) is 0. The number of aliphatic hydroxyl groups is 1. The van der Waals surface area contributed by atoms with Crippen molar-refractivity contribution in [3.8, 4) is 11.5 Å². The first-order valence-electron chi connectivity index (χ1n) is 4.02. The monoisotopic (exact) mass is 212 g/mol. The normalized spacial score (nSPS) is 16.9. The largest absolute Gasteiger partial charge is 1.00 e. The van der Waals surface area contributed by atoms with Gasteiger partial charge in [-0.3, -0.25) is 5.38 Å². The predicted octanol–water partition coefficient (Wildman–Crippen LogP) is -4.87. The van der Waals surface area contributed by atoms with E-state index >= 15 is 0 Å². The number of ether oxygens (including phenoxy) is 2. The van der Waals surface area contributed by atoms with Crippen molar-refractivity contribution in [1.29, 1.82) is 0 Å². The van der Waals surface area contributed by atoms with Crippen molar-refractivity contribution in [1.82, 2.24) is 0 Å². The predicted molar refractivity (Wildman–Crippen MR) is 48.2 cm³/mol. The van der Waals surface area contributed by atoms with E-state index < -0.39 is 0 Å². The quantitative estimate of drug-likeness (QED) is 0.375. The molecule has 15 heavy (non-hydrogen) atoms. The third-order valence-corrected chi connectivity index (χ3v) is 2.58. The van der Waals surface area contributed by atoms with Gasteiger partial charge in [0.15, 0.2) is 0 Å². The Bertz CT molecular complexity index is 281. The zero-order valence-corrected chi connectivity index (χ0v) is 10.1. The fourth-order valence-corrected chi connectivity index (χ4v) is 1.57. The Labute approximate surface area is 118 Å². The summed E-state index contributed by atoms with van der Waals surface area (Å²) in [7, 11) is 0. The summed E-state index contributed by atoms with van der Waals surface area (Å²) in [5, 5.41) is 14.9. The van der Waals surface area contributed by atoms with Gasteiger partial charge >= 0.3 is 37.7 Å². The zero-order valence-electron chi connectivity index (χ0n) is 9.29. The molecule has 1 N–H and O–H groups in total. The molecule has 1 aliphatic rings. The minimum atomic E-state index is -0.321. The van der Waals surface area contributed by atoms with E-state index in [0.29, 0.717) is 24.7 Å². The Kier molecular flexibility index (Phi) is 6.44. The van der Waals surface area contributed by atoms with Gasteiger partial charge in [0, 0.05) is 0 Å². The van der Waals surface area contributed by atoms with Crippen molar-refractivity contribution in [2.75, 3.05) is 19.8 Å². The molecular formula is C9H10Li2O3S. The summed E-state index contributed by atoms with van der Waals surface area (Å²) in [4.78, 5) is 0. The smallest absolute Gasteiger partial charge is 0.627 e. The number of thiophene rings is 1. The molecule has 0 aromatic carbocycles. The molecule has 1 aromatic rings. The number of rotatable bonds is 1. The Hall–Kier alpha value is 0.455. The van der Waals surface area contributed by atoms with E-state index in [-0.39, 0.29) is 49.7 Å². The molecule has 0 bridgehead atoms. The van der Waals surface area contributed by atoms with Gasteiger partial charge in [-0.15, -0.1) is 0 Å². The Balaban J connectivity index is 0.000000980. The fraction of sp³-hybridized carbons (Fsp3) is 0.556. The molecular weight excluding hydrogens is 202 g/mol. The summed E-state index contributed by atoms with van der Waals surface area (Å²) in [5.74, 6) is 1.23. The molecule has 6 heteroatoms. The van der Waals surface area contributed by atoms with Crippen LogP contribution in [-0.2, 0) is 0 Å². The van der Waals surface area contributed by atoms with Crippen LogP contribution < -0.4 is 47.2 Å². The first kappa shape index (κ1) is 15.5. The van der Waals surface area contributed by atoms with Crippen LogP contribution in [0.15, 0.2) is 0 Å². The average molecular weight is 212 g/mol. The van der Waals surface area contributed by atoms with Gasteiger partial charge in [-0.05, 0) is 0 Å². The van der Waals surface area contributed by atoms with Gasteiger partial charge in [0.25, 0.3) is 0 Å². The second-order valence-electron chi connectivity index (χ2n) is 3.51. The molecule has 0 radical (unpaired) electrons. The van der Waals surface area contributed by atoms with Crippen molar-refractivity contribution < 1.29 is 52.3 Å². The molecule has 0 aliphatic carbocycles. The van der Waals surface area contributed by atoms with E-state index in [4.69, 9.17) is 14.6 Å². The molecule has 0 fully saturated rings.